The van der Waals surface area contributed by atoms with E-state index < -0.39 is 0 Å². The quantitative estimate of drug-likeness (QED) is 0.680. The van der Waals surface area contributed by atoms with Gasteiger partial charge in [-0.2, -0.15) is 0 Å². The van der Waals surface area contributed by atoms with E-state index in [1.165, 1.54) is 6.92 Å². The van der Waals surface area contributed by atoms with E-state index in [1.54, 1.807) is 18.6 Å². The Morgan fingerprint density at radius 2 is 2.43 bits per heavy atom. The van der Waals surface area contributed by atoms with E-state index in [4.69, 9.17) is 5.11 Å². The number of aliphatic hydroxyl groups is 1. The van der Waals surface area contributed by atoms with Gasteiger partial charge in [0.25, 0.3) is 0 Å². The van der Waals surface area contributed by atoms with Crippen molar-refractivity contribution in [1.29, 1.82) is 0 Å². The molecule has 0 spiro atoms. The van der Waals surface area contributed by atoms with Crippen molar-refractivity contribution >= 4 is 5.91 Å². The molecule has 0 saturated heterocycles. The topological polar surface area (TPSA) is 75.1 Å². The first-order chi connectivity index (χ1) is 6.72. The Hall–Kier alpha value is -1.49. The highest BCUT2D eigenvalue weighted by Crippen LogP contribution is 1.96. The highest BCUT2D eigenvalue weighted by molar-refractivity contribution is 5.73. The molecular formula is C9H13N3O2. The van der Waals surface area contributed by atoms with Gasteiger partial charge in [-0.3, -0.25) is 14.8 Å². The highest BCUT2D eigenvalue weighted by atomic mass is 16.3. The first-order valence-corrected chi connectivity index (χ1v) is 4.35. The number of aliphatic hydroxyl groups excluding tert-OH is 1. The van der Waals surface area contributed by atoms with Crippen molar-refractivity contribution in [3.05, 3.63) is 24.3 Å². The van der Waals surface area contributed by atoms with Gasteiger partial charge in [-0.1, -0.05) is 0 Å². The van der Waals surface area contributed by atoms with Gasteiger partial charge in [-0.15, -0.1) is 0 Å². The van der Waals surface area contributed by atoms with Crippen LogP contribution in [0, 0.1) is 0 Å². The number of aromatic nitrogens is 2. The molecular weight excluding hydrogens is 182 g/mol. The molecule has 0 aliphatic heterocycles. The van der Waals surface area contributed by atoms with E-state index in [0.717, 1.165) is 5.69 Å². The van der Waals surface area contributed by atoms with Crippen molar-refractivity contribution < 1.29 is 9.90 Å². The maximum atomic E-state index is 10.7. The third kappa shape index (κ3) is 3.49. The van der Waals surface area contributed by atoms with Crippen molar-refractivity contribution in [2.75, 3.05) is 6.61 Å². The van der Waals surface area contributed by atoms with Crippen LogP contribution in [0.25, 0.3) is 0 Å². The highest BCUT2D eigenvalue weighted by Gasteiger charge is 2.09. The lowest BCUT2D eigenvalue weighted by Crippen LogP contribution is -2.37. The molecule has 5 nitrogen and oxygen atoms in total. The predicted molar refractivity (Wildman–Crippen MR) is 50.4 cm³/mol. The Balaban J connectivity index is 2.53. The molecule has 1 atom stereocenters. The van der Waals surface area contributed by atoms with E-state index in [-0.39, 0.29) is 18.6 Å². The zero-order valence-electron chi connectivity index (χ0n) is 7.97. The Morgan fingerprint density at radius 3 is 2.93 bits per heavy atom. The number of nitrogens with one attached hydrogen (secondary N) is 1. The molecule has 1 rings (SSSR count). The number of hydrogen-bond donors (Lipinski definition) is 2. The number of carbonyl (C=O) groups excluding carboxylic acids is 1. The molecule has 0 aromatic carbocycles. The van der Waals surface area contributed by atoms with Gasteiger partial charge < -0.3 is 10.4 Å². The summed E-state index contributed by atoms with van der Waals surface area (Å²) < 4.78 is 0. The van der Waals surface area contributed by atoms with Crippen molar-refractivity contribution in [3.63, 3.8) is 0 Å². The molecule has 14 heavy (non-hydrogen) atoms. The molecule has 0 radical (unpaired) electrons. The molecule has 0 bridgehead atoms. The summed E-state index contributed by atoms with van der Waals surface area (Å²) in [7, 11) is 0. The van der Waals surface area contributed by atoms with Crippen LogP contribution in [0.2, 0.25) is 0 Å². The van der Waals surface area contributed by atoms with E-state index in [9.17, 15) is 4.79 Å². The molecule has 0 aliphatic carbocycles. The Morgan fingerprint density at radius 1 is 1.64 bits per heavy atom. The van der Waals surface area contributed by atoms with Gasteiger partial charge in [-0.25, -0.2) is 0 Å². The van der Waals surface area contributed by atoms with Crippen molar-refractivity contribution in [2.45, 2.75) is 19.4 Å². The molecule has 76 valence electrons. The molecule has 5 heteroatoms. The lowest BCUT2D eigenvalue weighted by atomic mass is 10.2. The van der Waals surface area contributed by atoms with Gasteiger partial charge in [0.05, 0.1) is 18.3 Å². The number of amides is 1. The van der Waals surface area contributed by atoms with Crippen LogP contribution < -0.4 is 5.32 Å². The second kappa shape index (κ2) is 5.29. The maximum Gasteiger partial charge on any atom is 0.217 e. The van der Waals surface area contributed by atoms with Gasteiger partial charge in [-0.05, 0) is 0 Å². The summed E-state index contributed by atoms with van der Waals surface area (Å²) >= 11 is 0. The number of nitrogens with zero attached hydrogens (tertiary/aromatic N) is 2. The van der Waals surface area contributed by atoms with Crippen LogP contribution in [0.1, 0.15) is 12.6 Å². The van der Waals surface area contributed by atoms with Crippen LogP contribution >= 0.6 is 0 Å². The van der Waals surface area contributed by atoms with Crippen LogP contribution in [0.4, 0.5) is 0 Å². The lowest BCUT2D eigenvalue weighted by Gasteiger charge is -2.13. The maximum absolute atomic E-state index is 10.7. The summed E-state index contributed by atoms with van der Waals surface area (Å²) in [6.07, 6.45) is 5.27. The normalized spacial score (nSPS) is 12.1. The molecule has 1 heterocycles. The summed E-state index contributed by atoms with van der Waals surface area (Å²) in [5.41, 5.74) is 0.750. The molecule has 2 N–H and O–H groups in total. The number of carbonyl (C=O) groups is 1. The fourth-order valence-corrected chi connectivity index (χ4v) is 1.14. The molecule has 0 fully saturated rings. The second-order valence-corrected chi connectivity index (χ2v) is 2.98. The zero-order valence-corrected chi connectivity index (χ0v) is 7.97. The van der Waals surface area contributed by atoms with E-state index in [1.807, 2.05) is 0 Å². The SMILES string of the molecule is CC(=O)NC(CO)Cc1cnccn1. The molecule has 1 aromatic heterocycles. The van der Waals surface area contributed by atoms with E-state index >= 15 is 0 Å². The fourth-order valence-electron chi connectivity index (χ4n) is 1.14. The van der Waals surface area contributed by atoms with Crippen LogP contribution in [-0.4, -0.2) is 33.6 Å². The number of rotatable bonds is 4. The summed E-state index contributed by atoms with van der Waals surface area (Å²) in [6, 6.07) is -0.288. The Labute approximate surface area is 82.2 Å². The van der Waals surface area contributed by atoms with Gasteiger partial charge in [0, 0.05) is 31.9 Å². The summed E-state index contributed by atoms with van der Waals surface area (Å²) in [4.78, 5) is 18.7. The van der Waals surface area contributed by atoms with E-state index in [2.05, 4.69) is 15.3 Å². The molecule has 1 unspecified atom stereocenters. The van der Waals surface area contributed by atoms with Crippen molar-refractivity contribution in [3.8, 4) is 0 Å². The first-order valence-electron chi connectivity index (χ1n) is 4.35. The smallest absolute Gasteiger partial charge is 0.217 e. The molecule has 0 saturated carbocycles. The average Bonchev–Trinajstić information content (AvgIpc) is 2.17. The van der Waals surface area contributed by atoms with Gasteiger partial charge >= 0.3 is 0 Å². The minimum Gasteiger partial charge on any atom is -0.394 e. The van der Waals surface area contributed by atoms with Crippen LogP contribution in [0.3, 0.4) is 0 Å². The molecule has 1 aromatic rings. The second-order valence-electron chi connectivity index (χ2n) is 2.98. The fraction of sp³-hybridized carbons (Fsp3) is 0.444. The Kier molecular flexibility index (Phi) is 4.00. The summed E-state index contributed by atoms with van der Waals surface area (Å²) in [5, 5.41) is 11.6. The summed E-state index contributed by atoms with van der Waals surface area (Å²) in [6.45, 7) is 1.31. The van der Waals surface area contributed by atoms with Crippen LogP contribution in [0.15, 0.2) is 18.6 Å². The average molecular weight is 195 g/mol. The van der Waals surface area contributed by atoms with Crippen LogP contribution in [-0.2, 0) is 11.2 Å². The zero-order chi connectivity index (χ0) is 10.4. The third-order valence-corrected chi connectivity index (χ3v) is 1.70. The monoisotopic (exact) mass is 195 g/mol. The molecule has 1 amide bonds. The van der Waals surface area contributed by atoms with Gasteiger partial charge in [0.2, 0.25) is 5.91 Å². The van der Waals surface area contributed by atoms with Crippen molar-refractivity contribution in [2.24, 2.45) is 0 Å². The van der Waals surface area contributed by atoms with Gasteiger partial charge in [0.15, 0.2) is 0 Å². The largest absolute Gasteiger partial charge is 0.394 e. The predicted octanol–water partition coefficient (Wildman–Crippen LogP) is -0.484. The first kappa shape index (κ1) is 10.6. The van der Waals surface area contributed by atoms with Crippen molar-refractivity contribution in [1.82, 2.24) is 15.3 Å². The minimum atomic E-state index is -0.288. The third-order valence-electron chi connectivity index (χ3n) is 1.70. The Bertz CT molecular complexity index is 289. The summed E-state index contributed by atoms with van der Waals surface area (Å²) in [5.74, 6) is -0.159. The molecule has 0 aliphatic rings. The lowest BCUT2D eigenvalue weighted by molar-refractivity contribution is -0.119. The standard InChI is InChI=1S/C9H13N3O2/c1-7(14)12-9(6-13)4-8-5-10-2-3-11-8/h2-3,5,9,13H,4,6H2,1H3,(H,12,14). The number of hydrogen-bond acceptors (Lipinski definition) is 4. The van der Waals surface area contributed by atoms with Gasteiger partial charge in [0.1, 0.15) is 0 Å². The van der Waals surface area contributed by atoms with E-state index in [0.29, 0.717) is 6.42 Å². The minimum absolute atomic E-state index is 0.101. The van der Waals surface area contributed by atoms with Crippen LogP contribution in [0.5, 0.6) is 0 Å².